The van der Waals surface area contributed by atoms with E-state index in [1.807, 2.05) is 4.90 Å². The molecule has 2 saturated heterocycles. The number of sulfone groups is 1. The first kappa shape index (κ1) is 18.0. The van der Waals surface area contributed by atoms with Crippen molar-refractivity contribution < 1.29 is 13.2 Å². The molecule has 26 heavy (non-hydrogen) atoms. The number of benzene rings is 1. The molecule has 3 aliphatic heterocycles. The zero-order chi connectivity index (χ0) is 18.1. The molecule has 0 bridgehead atoms. The topological polar surface area (TPSA) is 57.7 Å². The molecule has 0 aliphatic carbocycles. The Hall–Kier alpha value is -1.40. The fourth-order valence-electron chi connectivity index (χ4n) is 4.72. The standard InChI is InChI=1S/C20H28N2O3S/c23-20(22-10-3-6-16-4-1-2-5-18(16)14-22)17-7-11-21(12-8-17)19-9-13-26(24,25)15-19/h1-2,4-5,17,19H,3,6-15H2. The number of nitrogens with zero attached hydrogens (tertiary/aromatic N) is 2. The first-order valence-electron chi connectivity index (χ1n) is 9.82. The quantitative estimate of drug-likeness (QED) is 0.791. The number of likely N-dealkylation sites (tertiary alicyclic amines) is 1. The Morgan fingerprint density at radius 3 is 2.42 bits per heavy atom. The minimum atomic E-state index is -2.84. The van der Waals surface area contributed by atoms with Gasteiger partial charge >= 0.3 is 0 Å². The summed E-state index contributed by atoms with van der Waals surface area (Å²) >= 11 is 0. The lowest BCUT2D eigenvalue weighted by Gasteiger charge is -2.36. The van der Waals surface area contributed by atoms with E-state index in [2.05, 4.69) is 29.2 Å². The van der Waals surface area contributed by atoms with Gasteiger partial charge in [0.2, 0.25) is 5.91 Å². The number of hydrogen-bond acceptors (Lipinski definition) is 4. The Balaban J connectivity index is 1.35. The number of aryl methyl sites for hydroxylation is 1. The van der Waals surface area contributed by atoms with Crippen molar-refractivity contribution in [2.24, 2.45) is 5.92 Å². The minimum Gasteiger partial charge on any atom is -0.338 e. The molecule has 2 fully saturated rings. The Morgan fingerprint density at radius 2 is 1.73 bits per heavy atom. The highest BCUT2D eigenvalue weighted by Crippen LogP contribution is 2.27. The van der Waals surface area contributed by atoms with Gasteiger partial charge in [0.15, 0.2) is 9.84 Å². The van der Waals surface area contributed by atoms with Crippen molar-refractivity contribution in [2.45, 2.75) is 44.7 Å². The maximum Gasteiger partial charge on any atom is 0.226 e. The van der Waals surface area contributed by atoms with Gasteiger partial charge < -0.3 is 4.90 Å². The molecule has 3 heterocycles. The SMILES string of the molecule is O=C(C1CCN(C2CCS(=O)(=O)C2)CC1)N1CCCc2ccccc2C1. The highest BCUT2D eigenvalue weighted by atomic mass is 32.2. The van der Waals surface area contributed by atoms with Gasteiger partial charge in [0.25, 0.3) is 0 Å². The summed E-state index contributed by atoms with van der Waals surface area (Å²) < 4.78 is 23.4. The molecule has 5 nitrogen and oxygen atoms in total. The second kappa shape index (κ2) is 7.31. The molecule has 1 unspecified atom stereocenters. The van der Waals surface area contributed by atoms with Crippen molar-refractivity contribution in [3.63, 3.8) is 0 Å². The van der Waals surface area contributed by atoms with E-state index in [0.29, 0.717) is 17.4 Å². The molecular formula is C20H28N2O3S. The van der Waals surface area contributed by atoms with Gasteiger partial charge in [-0.2, -0.15) is 0 Å². The van der Waals surface area contributed by atoms with Gasteiger partial charge in [-0.25, -0.2) is 8.42 Å². The maximum absolute atomic E-state index is 13.1. The third-order valence-corrected chi connectivity index (χ3v) is 8.02. The van der Waals surface area contributed by atoms with E-state index in [1.54, 1.807) is 0 Å². The van der Waals surface area contributed by atoms with Gasteiger partial charge in [0.1, 0.15) is 0 Å². The minimum absolute atomic E-state index is 0.0922. The van der Waals surface area contributed by atoms with Crippen LogP contribution in [0.1, 0.15) is 36.8 Å². The van der Waals surface area contributed by atoms with Gasteiger partial charge in [0, 0.05) is 25.0 Å². The van der Waals surface area contributed by atoms with Crippen molar-refractivity contribution in [1.29, 1.82) is 0 Å². The molecule has 0 saturated carbocycles. The van der Waals surface area contributed by atoms with Crippen LogP contribution in [0.2, 0.25) is 0 Å². The molecule has 0 aromatic heterocycles. The Bertz CT molecular complexity index is 769. The molecule has 6 heteroatoms. The predicted molar refractivity (Wildman–Crippen MR) is 102 cm³/mol. The van der Waals surface area contributed by atoms with Gasteiger partial charge in [0.05, 0.1) is 11.5 Å². The first-order valence-corrected chi connectivity index (χ1v) is 11.6. The van der Waals surface area contributed by atoms with E-state index >= 15 is 0 Å². The normalized spacial score (nSPS) is 27.1. The van der Waals surface area contributed by atoms with Crippen LogP contribution in [0.15, 0.2) is 24.3 Å². The number of carbonyl (C=O) groups excluding carboxylic acids is 1. The van der Waals surface area contributed by atoms with E-state index in [1.165, 1.54) is 11.1 Å². The van der Waals surface area contributed by atoms with E-state index < -0.39 is 9.84 Å². The van der Waals surface area contributed by atoms with Crippen LogP contribution in [-0.2, 0) is 27.6 Å². The van der Waals surface area contributed by atoms with Crippen molar-refractivity contribution in [3.05, 3.63) is 35.4 Å². The monoisotopic (exact) mass is 376 g/mol. The summed E-state index contributed by atoms with van der Waals surface area (Å²) in [4.78, 5) is 17.4. The fraction of sp³-hybridized carbons (Fsp3) is 0.650. The smallest absolute Gasteiger partial charge is 0.226 e. The van der Waals surface area contributed by atoms with E-state index in [4.69, 9.17) is 0 Å². The van der Waals surface area contributed by atoms with Crippen LogP contribution >= 0.6 is 0 Å². The number of fused-ring (bicyclic) bond motifs is 1. The Labute approximate surface area is 156 Å². The summed E-state index contributed by atoms with van der Waals surface area (Å²) in [7, 11) is -2.84. The molecule has 142 valence electrons. The highest BCUT2D eigenvalue weighted by Gasteiger charge is 2.36. The van der Waals surface area contributed by atoms with Gasteiger partial charge in [-0.3, -0.25) is 9.69 Å². The van der Waals surface area contributed by atoms with Crippen LogP contribution in [0.4, 0.5) is 0 Å². The number of carbonyl (C=O) groups is 1. The molecule has 0 N–H and O–H groups in total. The Morgan fingerprint density at radius 1 is 1.00 bits per heavy atom. The van der Waals surface area contributed by atoms with Crippen LogP contribution in [0, 0.1) is 5.92 Å². The zero-order valence-corrected chi connectivity index (χ0v) is 16.1. The molecule has 0 radical (unpaired) electrons. The van der Waals surface area contributed by atoms with Gasteiger partial charge in [-0.1, -0.05) is 24.3 Å². The van der Waals surface area contributed by atoms with Crippen molar-refractivity contribution in [2.75, 3.05) is 31.1 Å². The van der Waals surface area contributed by atoms with E-state index in [0.717, 1.165) is 58.3 Å². The van der Waals surface area contributed by atoms with Crippen molar-refractivity contribution >= 4 is 15.7 Å². The molecular weight excluding hydrogens is 348 g/mol. The van der Waals surface area contributed by atoms with Crippen LogP contribution in [0.25, 0.3) is 0 Å². The molecule has 1 aromatic carbocycles. The molecule has 1 amide bonds. The molecule has 1 aromatic rings. The van der Waals surface area contributed by atoms with Crippen molar-refractivity contribution in [1.82, 2.24) is 9.80 Å². The average molecular weight is 377 g/mol. The highest BCUT2D eigenvalue weighted by molar-refractivity contribution is 7.91. The molecule has 3 aliphatic rings. The van der Waals surface area contributed by atoms with Crippen LogP contribution in [0.5, 0.6) is 0 Å². The molecule has 0 spiro atoms. The summed E-state index contributed by atoms with van der Waals surface area (Å²) in [5.74, 6) is 1.01. The summed E-state index contributed by atoms with van der Waals surface area (Å²) in [6.45, 7) is 3.27. The van der Waals surface area contributed by atoms with Crippen LogP contribution < -0.4 is 0 Å². The van der Waals surface area contributed by atoms with Crippen LogP contribution in [0.3, 0.4) is 0 Å². The first-order chi connectivity index (χ1) is 12.5. The molecule has 4 rings (SSSR count). The maximum atomic E-state index is 13.1. The third kappa shape index (κ3) is 3.81. The van der Waals surface area contributed by atoms with E-state index in [9.17, 15) is 13.2 Å². The summed E-state index contributed by atoms with van der Waals surface area (Å²) in [5.41, 5.74) is 2.66. The molecule has 1 atom stereocenters. The predicted octanol–water partition coefficient (Wildman–Crippen LogP) is 1.86. The lowest BCUT2D eigenvalue weighted by atomic mass is 9.94. The van der Waals surface area contributed by atoms with Gasteiger partial charge in [-0.05, 0) is 56.3 Å². The second-order valence-corrected chi connectivity index (χ2v) is 10.2. The average Bonchev–Trinajstić information content (AvgIpc) is 2.88. The number of hydrogen-bond donors (Lipinski definition) is 0. The summed E-state index contributed by atoms with van der Waals surface area (Å²) in [5, 5.41) is 0. The zero-order valence-electron chi connectivity index (χ0n) is 15.3. The Kier molecular flexibility index (Phi) is 5.06. The summed E-state index contributed by atoms with van der Waals surface area (Å²) in [6.07, 6.45) is 4.54. The van der Waals surface area contributed by atoms with Crippen LogP contribution in [-0.4, -0.2) is 61.3 Å². The third-order valence-electron chi connectivity index (χ3n) is 6.27. The number of piperidine rings is 1. The second-order valence-electron chi connectivity index (χ2n) is 8.00. The lowest BCUT2D eigenvalue weighted by Crippen LogP contribution is -2.46. The number of rotatable bonds is 2. The fourth-order valence-corrected chi connectivity index (χ4v) is 6.48. The lowest BCUT2D eigenvalue weighted by molar-refractivity contribution is -0.137. The largest absolute Gasteiger partial charge is 0.338 e. The number of amides is 1. The summed E-state index contributed by atoms with van der Waals surface area (Å²) in [6, 6.07) is 8.62. The van der Waals surface area contributed by atoms with Crippen molar-refractivity contribution in [3.8, 4) is 0 Å². The van der Waals surface area contributed by atoms with Gasteiger partial charge in [-0.15, -0.1) is 0 Å². The van der Waals surface area contributed by atoms with E-state index in [-0.39, 0.29) is 12.0 Å².